The Bertz CT molecular complexity index is 1010. The van der Waals surface area contributed by atoms with Gasteiger partial charge in [-0.1, -0.05) is 66.7 Å². The molecular weight excluding hydrogens is 354 g/mol. The molecule has 4 rings (SSSR count). The van der Waals surface area contributed by atoms with Gasteiger partial charge in [0.05, 0.1) is 17.0 Å². The second-order valence-electron chi connectivity index (χ2n) is 6.22. The smallest absolute Gasteiger partial charge is 0.255 e. The van der Waals surface area contributed by atoms with Crippen molar-refractivity contribution in [2.24, 2.45) is 0 Å². The molecule has 0 atom stereocenters. The summed E-state index contributed by atoms with van der Waals surface area (Å²) in [7, 11) is 0. The van der Waals surface area contributed by atoms with Gasteiger partial charge in [0, 0.05) is 12.7 Å². The van der Waals surface area contributed by atoms with Gasteiger partial charge in [-0.25, -0.2) is 0 Å². The molecular formula is C22H19N3OS. The molecule has 0 bridgehead atoms. The van der Waals surface area contributed by atoms with Gasteiger partial charge in [0.25, 0.3) is 5.91 Å². The molecule has 0 fully saturated rings. The minimum absolute atomic E-state index is 0.110. The minimum atomic E-state index is -0.110. The fourth-order valence-electron chi connectivity index (χ4n) is 2.91. The average Bonchev–Trinajstić information content (AvgIpc) is 3.37. The molecule has 2 aromatic carbocycles. The second-order valence-corrected chi connectivity index (χ2v) is 7.17. The zero-order chi connectivity index (χ0) is 18.5. The van der Waals surface area contributed by atoms with Gasteiger partial charge in [-0.3, -0.25) is 9.48 Å². The number of amides is 1. The summed E-state index contributed by atoms with van der Waals surface area (Å²) in [6.07, 6.45) is 1.84. The van der Waals surface area contributed by atoms with E-state index < -0.39 is 0 Å². The largest absolute Gasteiger partial charge is 0.348 e. The van der Waals surface area contributed by atoms with Gasteiger partial charge in [-0.2, -0.15) is 5.10 Å². The topological polar surface area (TPSA) is 46.9 Å². The van der Waals surface area contributed by atoms with E-state index in [9.17, 15) is 4.79 Å². The van der Waals surface area contributed by atoms with E-state index in [4.69, 9.17) is 5.10 Å². The van der Waals surface area contributed by atoms with E-state index >= 15 is 0 Å². The van der Waals surface area contributed by atoms with Crippen molar-refractivity contribution in [1.82, 2.24) is 15.1 Å². The highest BCUT2D eigenvalue weighted by molar-refractivity contribution is 7.13. The van der Waals surface area contributed by atoms with Gasteiger partial charge < -0.3 is 5.32 Å². The maximum Gasteiger partial charge on any atom is 0.255 e. The lowest BCUT2D eigenvalue weighted by Crippen LogP contribution is -2.22. The first kappa shape index (κ1) is 17.2. The highest BCUT2D eigenvalue weighted by Gasteiger charge is 2.18. The lowest BCUT2D eigenvalue weighted by molar-refractivity contribution is 0.0951. The first-order chi connectivity index (χ1) is 13.3. The standard InChI is InChI=1S/C22H19N3OS/c26-22(23-14-17-8-3-1-4-9-17)19-16-25(15-18-10-5-2-6-11-18)24-21(19)20-12-7-13-27-20/h1-13,16H,14-15H2,(H,23,26). The summed E-state index contributed by atoms with van der Waals surface area (Å²) < 4.78 is 1.84. The van der Waals surface area contributed by atoms with Crippen molar-refractivity contribution >= 4 is 17.2 Å². The molecule has 5 heteroatoms. The Balaban J connectivity index is 1.59. The van der Waals surface area contributed by atoms with Crippen LogP contribution >= 0.6 is 11.3 Å². The van der Waals surface area contributed by atoms with Crippen LogP contribution in [0.2, 0.25) is 0 Å². The van der Waals surface area contributed by atoms with Crippen LogP contribution in [0, 0.1) is 0 Å². The van der Waals surface area contributed by atoms with Crippen molar-refractivity contribution in [3.63, 3.8) is 0 Å². The number of hydrogen-bond acceptors (Lipinski definition) is 3. The van der Waals surface area contributed by atoms with Crippen LogP contribution in [0.25, 0.3) is 10.6 Å². The van der Waals surface area contributed by atoms with Gasteiger partial charge in [-0.05, 0) is 22.6 Å². The SMILES string of the molecule is O=C(NCc1ccccc1)c1cn(Cc2ccccc2)nc1-c1cccs1. The number of thiophene rings is 1. The van der Waals surface area contributed by atoms with E-state index in [1.165, 1.54) is 0 Å². The lowest BCUT2D eigenvalue weighted by atomic mass is 10.2. The summed E-state index contributed by atoms with van der Waals surface area (Å²) in [4.78, 5) is 13.8. The molecule has 2 aromatic heterocycles. The average molecular weight is 373 g/mol. The van der Waals surface area contributed by atoms with Crippen molar-refractivity contribution in [3.05, 3.63) is 101 Å². The highest BCUT2D eigenvalue weighted by atomic mass is 32.1. The van der Waals surface area contributed by atoms with Crippen molar-refractivity contribution in [1.29, 1.82) is 0 Å². The molecule has 0 unspecified atom stereocenters. The van der Waals surface area contributed by atoms with E-state index in [0.29, 0.717) is 18.7 Å². The quantitative estimate of drug-likeness (QED) is 0.537. The Morgan fingerprint density at radius 3 is 2.30 bits per heavy atom. The summed E-state index contributed by atoms with van der Waals surface area (Å²) in [6.45, 7) is 1.12. The van der Waals surface area contributed by atoms with E-state index in [1.807, 2.05) is 76.9 Å². The van der Waals surface area contributed by atoms with Gasteiger partial charge in [0.15, 0.2) is 0 Å². The predicted octanol–water partition coefficient (Wildman–Crippen LogP) is 4.59. The van der Waals surface area contributed by atoms with Gasteiger partial charge in [0.1, 0.15) is 5.69 Å². The monoisotopic (exact) mass is 373 g/mol. The number of rotatable bonds is 6. The molecule has 27 heavy (non-hydrogen) atoms. The summed E-state index contributed by atoms with van der Waals surface area (Å²) in [5.74, 6) is -0.110. The fourth-order valence-corrected chi connectivity index (χ4v) is 3.63. The number of aromatic nitrogens is 2. The van der Waals surface area contributed by atoms with Crippen LogP contribution in [0.4, 0.5) is 0 Å². The van der Waals surface area contributed by atoms with Gasteiger partial charge in [0.2, 0.25) is 0 Å². The first-order valence-corrected chi connectivity index (χ1v) is 9.65. The fraction of sp³-hybridized carbons (Fsp3) is 0.0909. The third-order valence-electron chi connectivity index (χ3n) is 4.24. The lowest BCUT2D eigenvalue weighted by Gasteiger charge is -2.04. The van der Waals surface area contributed by atoms with E-state index in [2.05, 4.69) is 17.4 Å². The van der Waals surface area contributed by atoms with E-state index in [1.54, 1.807) is 11.3 Å². The molecule has 0 saturated heterocycles. The third-order valence-corrected chi connectivity index (χ3v) is 5.12. The molecule has 0 aliphatic heterocycles. The molecule has 1 N–H and O–H groups in total. The Morgan fingerprint density at radius 1 is 0.926 bits per heavy atom. The number of nitrogens with zero attached hydrogens (tertiary/aromatic N) is 2. The van der Waals surface area contributed by atoms with Crippen LogP contribution in [-0.4, -0.2) is 15.7 Å². The molecule has 2 heterocycles. The second kappa shape index (κ2) is 8.01. The molecule has 0 radical (unpaired) electrons. The van der Waals surface area contributed by atoms with Crippen LogP contribution in [0.3, 0.4) is 0 Å². The molecule has 0 aliphatic carbocycles. The number of carbonyl (C=O) groups is 1. The molecule has 134 valence electrons. The zero-order valence-electron chi connectivity index (χ0n) is 14.7. The van der Waals surface area contributed by atoms with Gasteiger partial charge >= 0.3 is 0 Å². The third kappa shape index (κ3) is 4.15. The van der Waals surface area contributed by atoms with Crippen molar-refractivity contribution < 1.29 is 4.79 Å². The Kier molecular flexibility index (Phi) is 5.12. The Labute approximate surface area is 162 Å². The molecule has 4 aromatic rings. The molecule has 0 spiro atoms. The number of nitrogens with one attached hydrogen (secondary N) is 1. The number of benzene rings is 2. The number of carbonyl (C=O) groups excluding carboxylic acids is 1. The molecule has 1 amide bonds. The van der Waals surface area contributed by atoms with E-state index in [0.717, 1.165) is 21.7 Å². The molecule has 4 nitrogen and oxygen atoms in total. The first-order valence-electron chi connectivity index (χ1n) is 8.77. The Morgan fingerprint density at radius 2 is 1.63 bits per heavy atom. The van der Waals surface area contributed by atoms with Gasteiger partial charge in [-0.15, -0.1) is 11.3 Å². The summed E-state index contributed by atoms with van der Waals surface area (Å²) in [6, 6.07) is 24.0. The Hall–Kier alpha value is -3.18. The highest BCUT2D eigenvalue weighted by Crippen LogP contribution is 2.27. The minimum Gasteiger partial charge on any atom is -0.348 e. The van der Waals surface area contributed by atoms with Crippen LogP contribution in [0.15, 0.2) is 84.4 Å². The van der Waals surface area contributed by atoms with Crippen LogP contribution in [-0.2, 0) is 13.1 Å². The molecule has 0 aliphatic rings. The normalized spacial score (nSPS) is 10.7. The summed E-state index contributed by atoms with van der Waals surface area (Å²) >= 11 is 1.59. The molecule has 0 saturated carbocycles. The van der Waals surface area contributed by atoms with Crippen molar-refractivity contribution in [3.8, 4) is 10.6 Å². The maximum atomic E-state index is 12.8. The maximum absolute atomic E-state index is 12.8. The summed E-state index contributed by atoms with van der Waals surface area (Å²) in [5.41, 5.74) is 3.55. The van der Waals surface area contributed by atoms with Crippen molar-refractivity contribution in [2.45, 2.75) is 13.1 Å². The predicted molar refractivity (Wildman–Crippen MR) is 109 cm³/mol. The van der Waals surface area contributed by atoms with Crippen molar-refractivity contribution in [2.75, 3.05) is 0 Å². The van der Waals surface area contributed by atoms with Crippen LogP contribution in [0.1, 0.15) is 21.5 Å². The van der Waals surface area contributed by atoms with Crippen LogP contribution in [0.5, 0.6) is 0 Å². The summed E-state index contributed by atoms with van der Waals surface area (Å²) in [5, 5.41) is 9.69. The number of hydrogen-bond donors (Lipinski definition) is 1. The zero-order valence-corrected chi connectivity index (χ0v) is 15.5. The van der Waals surface area contributed by atoms with Crippen LogP contribution < -0.4 is 5.32 Å². The van der Waals surface area contributed by atoms with E-state index in [-0.39, 0.29) is 5.91 Å².